The van der Waals surface area contributed by atoms with E-state index in [4.69, 9.17) is 14.0 Å². The standard InChI is InChI=1S/C15H22F2O7S2/c1-14(2,3)12-6-10(8-22-4)13(11(7-12)9-23-5)24-26(20,21)15(16,17)25(18)19/h6-7H,8-9H2,1-5H3,(H,18,19). The van der Waals surface area contributed by atoms with Crippen LogP contribution < -0.4 is 4.18 Å². The van der Waals surface area contributed by atoms with E-state index in [1.165, 1.54) is 14.2 Å². The molecule has 1 unspecified atom stereocenters. The van der Waals surface area contributed by atoms with E-state index < -0.39 is 31.5 Å². The smallest absolute Gasteiger partial charge is 0.380 e. The fraction of sp³-hybridized carbons (Fsp3) is 0.600. The number of ether oxygens (including phenoxy) is 2. The van der Waals surface area contributed by atoms with E-state index in [1.807, 2.05) is 20.8 Å². The van der Waals surface area contributed by atoms with Crippen molar-refractivity contribution in [1.29, 1.82) is 0 Å². The Labute approximate surface area is 154 Å². The highest BCUT2D eigenvalue weighted by Gasteiger charge is 2.54. The fourth-order valence-corrected chi connectivity index (χ4v) is 3.40. The van der Waals surface area contributed by atoms with Crippen molar-refractivity contribution in [3.8, 4) is 5.75 Å². The Bertz CT molecular complexity index is 744. The second kappa shape index (κ2) is 8.26. The number of halogens is 2. The van der Waals surface area contributed by atoms with Gasteiger partial charge in [-0.05, 0) is 23.1 Å². The van der Waals surface area contributed by atoms with Crippen LogP contribution in [0.3, 0.4) is 0 Å². The minimum atomic E-state index is -5.74. The second-order valence-corrected chi connectivity index (χ2v) is 9.35. The number of methoxy groups -OCH3 is 2. The molecule has 0 saturated heterocycles. The largest absolute Gasteiger partial charge is 0.481 e. The van der Waals surface area contributed by atoms with Gasteiger partial charge >= 0.3 is 14.7 Å². The Morgan fingerprint density at radius 1 is 1.08 bits per heavy atom. The van der Waals surface area contributed by atoms with Crippen molar-refractivity contribution in [2.24, 2.45) is 0 Å². The molecule has 0 heterocycles. The van der Waals surface area contributed by atoms with Crippen LogP contribution in [0.25, 0.3) is 0 Å². The summed E-state index contributed by atoms with van der Waals surface area (Å²) in [5.41, 5.74) is 0.822. The van der Waals surface area contributed by atoms with Gasteiger partial charge in [-0.15, -0.1) is 0 Å². The Morgan fingerprint density at radius 2 is 1.50 bits per heavy atom. The van der Waals surface area contributed by atoms with Crippen LogP contribution in [0.4, 0.5) is 8.78 Å². The summed E-state index contributed by atoms with van der Waals surface area (Å²) in [6, 6.07) is 3.14. The first-order valence-electron chi connectivity index (χ1n) is 7.35. The summed E-state index contributed by atoms with van der Waals surface area (Å²) in [4.78, 5) is 0. The van der Waals surface area contributed by atoms with Gasteiger partial charge in [0.25, 0.3) is 0 Å². The second-order valence-electron chi connectivity index (χ2n) is 6.49. The third-order valence-corrected chi connectivity index (χ3v) is 5.81. The highest BCUT2D eigenvalue weighted by Crippen LogP contribution is 2.36. The summed E-state index contributed by atoms with van der Waals surface area (Å²) >= 11 is -3.97. The van der Waals surface area contributed by atoms with Gasteiger partial charge in [-0.3, -0.25) is 0 Å². The molecule has 0 radical (unpaired) electrons. The molecule has 0 spiro atoms. The SMILES string of the molecule is COCc1cc(C(C)(C)C)cc(COC)c1OS(=O)(=O)C(F)(F)S(=O)O. The minimum Gasteiger partial charge on any atom is -0.380 e. The normalized spacial score (nSPS) is 14.3. The minimum absolute atomic E-state index is 0.126. The van der Waals surface area contributed by atoms with Crippen molar-refractivity contribution >= 4 is 21.2 Å². The van der Waals surface area contributed by atoms with E-state index in [1.54, 1.807) is 12.1 Å². The van der Waals surface area contributed by atoms with Gasteiger partial charge < -0.3 is 18.2 Å². The van der Waals surface area contributed by atoms with Crippen molar-refractivity contribution in [2.75, 3.05) is 14.2 Å². The number of hydrogen-bond acceptors (Lipinski definition) is 6. The van der Waals surface area contributed by atoms with E-state index >= 15 is 0 Å². The number of alkyl halides is 2. The van der Waals surface area contributed by atoms with E-state index in [0.717, 1.165) is 5.56 Å². The van der Waals surface area contributed by atoms with E-state index in [-0.39, 0.29) is 29.8 Å². The molecular formula is C15H22F2O7S2. The van der Waals surface area contributed by atoms with Crippen molar-refractivity contribution in [3.05, 3.63) is 28.8 Å². The molecule has 1 atom stereocenters. The summed E-state index contributed by atoms with van der Waals surface area (Å²) in [5.74, 6) is -0.410. The zero-order valence-corrected chi connectivity index (χ0v) is 16.7. The van der Waals surface area contributed by atoms with Gasteiger partial charge in [-0.25, -0.2) is 4.21 Å². The first kappa shape index (κ1) is 22.9. The maximum absolute atomic E-state index is 13.6. The predicted molar refractivity (Wildman–Crippen MR) is 91.8 cm³/mol. The van der Waals surface area contributed by atoms with Crippen LogP contribution >= 0.6 is 0 Å². The first-order chi connectivity index (χ1) is 11.8. The molecule has 0 aromatic heterocycles. The molecule has 1 N–H and O–H groups in total. The summed E-state index contributed by atoms with van der Waals surface area (Å²) in [6.07, 6.45) is 0. The summed E-state index contributed by atoms with van der Waals surface area (Å²) < 4.78 is 79.8. The molecule has 26 heavy (non-hydrogen) atoms. The monoisotopic (exact) mass is 416 g/mol. The van der Waals surface area contributed by atoms with Crippen molar-refractivity contribution in [1.82, 2.24) is 0 Å². The van der Waals surface area contributed by atoms with Gasteiger partial charge in [0, 0.05) is 25.3 Å². The zero-order valence-electron chi connectivity index (χ0n) is 15.0. The van der Waals surface area contributed by atoms with Crippen molar-refractivity contribution < 1.29 is 39.6 Å². The average Bonchev–Trinajstić information content (AvgIpc) is 2.49. The molecule has 0 aliphatic rings. The molecule has 7 nitrogen and oxygen atoms in total. The van der Waals surface area contributed by atoms with Gasteiger partial charge in [-0.1, -0.05) is 20.8 Å². The molecular weight excluding hydrogens is 394 g/mol. The molecule has 0 aliphatic heterocycles. The predicted octanol–water partition coefficient (Wildman–Crippen LogP) is 2.76. The first-order valence-corrected chi connectivity index (χ1v) is 9.86. The molecule has 11 heteroatoms. The number of hydrogen-bond donors (Lipinski definition) is 1. The Hall–Kier alpha value is -1.14. The molecule has 1 aromatic carbocycles. The van der Waals surface area contributed by atoms with E-state index in [9.17, 15) is 21.4 Å². The van der Waals surface area contributed by atoms with Crippen LogP contribution in [0.1, 0.15) is 37.5 Å². The van der Waals surface area contributed by atoms with Crippen LogP contribution in [0.2, 0.25) is 0 Å². The molecule has 0 fully saturated rings. The highest BCUT2D eigenvalue weighted by molar-refractivity contribution is 8.02. The van der Waals surface area contributed by atoms with Crippen LogP contribution in [-0.2, 0) is 49.3 Å². The lowest BCUT2D eigenvalue weighted by molar-refractivity contribution is 0.161. The summed E-state index contributed by atoms with van der Waals surface area (Å²) in [7, 11) is -3.05. The van der Waals surface area contributed by atoms with E-state index in [2.05, 4.69) is 4.18 Å². The lowest BCUT2D eigenvalue weighted by Crippen LogP contribution is -2.37. The van der Waals surface area contributed by atoms with Gasteiger partial charge in [0.2, 0.25) is 11.1 Å². The van der Waals surface area contributed by atoms with Crippen LogP contribution in [0, 0.1) is 0 Å². The van der Waals surface area contributed by atoms with E-state index in [0.29, 0.717) is 0 Å². The topological polar surface area (TPSA) is 99.1 Å². The Kier molecular flexibility index (Phi) is 7.27. The highest BCUT2D eigenvalue weighted by atomic mass is 32.3. The van der Waals surface area contributed by atoms with Crippen LogP contribution in [0.15, 0.2) is 12.1 Å². The molecule has 150 valence electrons. The maximum atomic E-state index is 13.6. The van der Waals surface area contributed by atoms with Gasteiger partial charge in [0.1, 0.15) is 0 Å². The molecule has 1 aromatic rings. The Morgan fingerprint density at radius 3 is 1.81 bits per heavy atom. The molecule has 0 aliphatic carbocycles. The van der Waals surface area contributed by atoms with Gasteiger partial charge in [0.05, 0.1) is 13.2 Å². The Balaban J connectivity index is 3.60. The zero-order chi connectivity index (χ0) is 20.3. The van der Waals surface area contributed by atoms with Crippen molar-refractivity contribution in [2.45, 2.75) is 44.0 Å². The van der Waals surface area contributed by atoms with Crippen LogP contribution in [0.5, 0.6) is 5.75 Å². The van der Waals surface area contributed by atoms with Gasteiger partial charge in [0.15, 0.2) is 5.75 Å². The summed E-state index contributed by atoms with van der Waals surface area (Å²) in [5, 5.41) is 0. The summed E-state index contributed by atoms with van der Waals surface area (Å²) in [6.45, 7) is 5.49. The van der Waals surface area contributed by atoms with Crippen LogP contribution in [-0.4, -0.2) is 36.0 Å². The molecule has 1 rings (SSSR count). The lowest BCUT2D eigenvalue weighted by atomic mass is 9.85. The third kappa shape index (κ3) is 4.97. The number of rotatable bonds is 8. The fourth-order valence-electron chi connectivity index (χ4n) is 2.07. The third-order valence-electron chi connectivity index (χ3n) is 3.40. The molecule has 0 bridgehead atoms. The number of benzene rings is 1. The lowest BCUT2D eigenvalue weighted by Gasteiger charge is -2.24. The average molecular weight is 416 g/mol. The van der Waals surface area contributed by atoms with Crippen molar-refractivity contribution in [3.63, 3.8) is 0 Å². The molecule has 0 amide bonds. The van der Waals surface area contributed by atoms with Gasteiger partial charge in [-0.2, -0.15) is 17.2 Å². The maximum Gasteiger partial charge on any atom is 0.481 e. The molecule has 0 saturated carbocycles. The quantitative estimate of drug-likeness (QED) is 0.514.